The number of ether oxygens (including phenoxy) is 2. The zero-order valence-electron chi connectivity index (χ0n) is 16.5. The van der Waals surface area contributed by atoms with Crippen LogP contribution in [0.5, 0.6) is 0 Å². The van der Waals surface area contributed by atoms with Crippen LogP contribution in [-0.4, -0.2) is 37.6 Å². The molecule has 1 aliphatic heterocycles. The van der Waals surface area contributed by atoms with Crippen LogP contribution in [0, 0.1) is 0 Å². The van der Waals surface area contributed by atoms with Gasteiger partial charge in [0.25, 0.3) is 0 Å². The maximum absolute atomic E-state index is 11.5. The van der Waals surface area contributed by atoms with Gasteiger partial charge in [-0.25, -0.2) is 0 Å². The van der Waals surface area contributed by atoms with Crippen molar-refractivity contribution in [1.29, 1.82) is 0 Å². The van der Waals surface area contributed by atoms with Crippen molar-refractivity contribution in [3.63, 3.8) is 0 Å². The number of hydrogen-bond donors (Lipinski definition) is 0. The topological polar surface area (TPSA) is 55.8 Å². The molecule has 2 aliphatic rings. The van der Waals surface area contributed by atoms with Crippen molar-refractivity contribution < 1.29 is 19.1 Å². The van der Waals surface area contributed by atoms with Gasteiger partial charge in [0.05, 0.1) is 13.2 Å². The van der Waals surface area contributed by atoms with Crippen LogP contribution >= 0.6 is 0 Å². The number of anilines is 1. The fourth-order valence-electron chi connectivity index (χ4n) is 4.18. The van der Waals surface area contributed by atoms with Crippen LogP contribution in [0.1, 0.15) is 42.7 Å². The number of ketones is 1. The van der Waals surface area contributed by atoms with E-state index in [4.69, 9.17) is 9.47 Å². The lowest BCUT2D eigenvalue weighted by atomic mass is 9.83. The van der Waals surface area contributed by atoms with E-state index < -0.39 is 6.23 Å². The molecular formula is C24H27NO4. The Morgan fingerprint density at radius 2 is 1.76 bits per heavy atom. The highest BCUT2D eigenvalue weighted by Crippen LogP contribution is 2.33. The van der Waals surface area contributed by atoms with Gasteiger partial charge in [-0.05, 0) is 42.0 Å². The van der Waals surface area contributed by atoms with Crippen molar-refractivity contribution in [2.75, 3.05) is 18.1 Å². The molecule has 0 amide bonds. The summed E-state index contributed by atoms with van der Waals surface area (Å²) in [6.07, 6.45) is 3.36. The molecule has 29 heavy (non-hydrogen) atoms. The summed E-state index contributed by atoms with van der Waals surface area (Å²) in [4.78, 5) is 25.0. The lowest BCUT2D eigenvalue weighted by Crippen LogP contribution is -2.31. The summed E-state index contributed by atoms with van der Waals surface area (Å²) in [5, 5.41) is 0. The van der Waals surface area contributed by atoms with Crippen molar-refractivity contribution >= 4 is 17.8 Å². The molecule has 2 atom stereocenters. The molecule has 5 nitrogen and oxygen atoms in total. The number of aldehydes is 1. The van der Waals surface area contributed by atoms with Gasteiger partial charge in [-0.1, -0.05) is 42.5 Å². The van der Waals surface area contributed by atoms with Crippen LogP contribution in [0.2, 0.25) is 0 Å². The molecule has 2 aromatic carbocycles. The normalized spacial score (nSPS) is 22.8. The molecule has 1 heterocycles. The third-order valence-electron chi connectivity index (χ3n) is 5.81. The molecule has 0 N–H and O–H groups in total. The van der Waals surface area contributed by atoms with Crippen molar-refractivity contribution in [3.05, 3.63) is 65.7 Å². The van der Waals surface area contributed by atoms with Gasteiger partial charge in [-0.15, -0.1) is 0 Å². The van der Waals surface area contributed by atoms with Crippen molar-refractivity contribution in [2.45, 2.75) is 50.5 Å². The molecule has 2 aromatic rings. The van der Waals surface area contributed by atoms with Crippen LogP contribution in [0.15, 0.2) is 54.6 Å². The first-order valence-corrected chi connectivity index (χ1v) is 10.3. The zero-order valence-corrected chi connectivity index (χ0v) is 16.5. The Bertz CT molecular complexity index is 811. The molecule has 0 bridgehead atoms. The predicted octanol–water partition coefficient (Wildman–Crippen LogP) is 3.86. The average molecular weight is 393 g/mol. The molecule has 152 valence electrons. The quantitative estimate of drug-likeness (QED) is 0.669. The van der Waals surface area contributed by atoms with E-state index in [1.165, 1.54) is 5.56 Å². The standard InChI is InChI=1S/C24H27NO4/c26-15-24-25(14-23(29-24)17-28-16-18-4-2-1-3-5-18)21-10-6-19(7-11-21)20-8-12-22(27)13-9-20/h1-7,10-11,15,20,23-24H,8-9,12-14,16-17H2. The second-order valence-corrected chi connectivity index (χ2v) is 7.84. The Hall–Kier alpha value is -2.50. The van der Waals surface area contributed by atoms with Gasteiger partial charge in [0.15, 0.2) is 12.5 Å². The van der Waals surface area contributed by atoms with E-state index in [1.54, 1.807) is 0 Å². The lowest BCUT2D eigenvalue weighted by Gasteiger charge is -2.24. The first-order chi connectivity index (χ1) is 14.2. The summed E-state index contributed by atoms with van der Waals surface area (Å²) in [5.74, 6) is 0.832. The predicted molar refractivity (Wildman–Crippen MR) is 111 cm³/mol. The number of rotatable bonds is 7. The minimum atomic E-state index is -0.585. The first kappa shape index (κ1) is 19.8. The van der Waals surface area contributed by atoms with E-state index in [0.717, 1.165) is 30.4 Å². The second kappa shape index (κ2) is 9.33. The molecule has 0 spiro atoms. The van der Waals surface area contributed by atoms with Crippen molar-refractivity contribution in [2.24, 2.45) is 0 Å². The number of nitrogens with zero attached hydrogens (tertiary/aromatic N) is 1. The highest BCUT2D eigenvalue weighted by molar-refractivity contribution is 5.79. The molecule has 1 saturated carbocycles. The maximum atomic E-state index is 11.5. The molecule has 2 fully saturated rings. The van der Waals surface area contributed by atoms with Gasteiger partial charge < -0.3 is 14.4 Å². The minimum Gasteiger partial charge on any atom is -0.374 e. The molecule has 0 radical (unpaired) electrons. The van der Waals surface area contributed by atoms with Gasteiger partial charge in [0, 0.05) is 25.1 Å². The number of carbonyl (C=O) groups excluding carboxylic acids is 2. The average Bonchev–Trinajstić information content (AvgIpc) is 3.18. The van der Waals surface area contributed by atoms with Crippen molar-refractivity contribution in [1.82, 2.24) is 0 Å². The molecule has 1 aliphatic carbocycles. The minimum absolute atomic E-state index is 0.141. The summed E-state index contributed by atoms with van der Waals surface area (Å²) in [6, 6.07) is 18.4. The zero-order chi connectivity index (χ0) is 20.1. The van der Waals surface area contributed by atoms with Crippen LogP contribution in [0.4, 0.5) is 5.69 Å². The lowest BCUT2D eigenvalue weighted by molar-refractivity contribution is -0.120. The van der Waals surface area contributed by atoms with E-state index in [0.29, 0.717) is 44.3 Å². The van der Waals surface area contributed by atoms with Gasteiger partial charge in [0.2, 0.25) is 0 Å². The Morgan fingerprint density at radius 1 is 1.03 bits per heavy atom. The van der Waals surface area contributed by atoms with Crippen LogP contribution in [0.25, 0.3) is 0 Å². The summed E-state index contributed by atoms with van der Waals surface area (Å²) in [7, 11) is 0. The second-order valence-electron chi connectivity index (χ2n) is 7.84. The maximum Gasteiger partial charge on any atom is 0.187 e. The van der Waals surface area contributed by atoms with E-state index in [-0.39, 0.29) is 6.10 Å². The summed E-state index contributed by atoms with van der Waals surface area (Å²) in [5.41, 5.74) is 3.37. The first-order valence-electron chi connectivity index (χ1n) is 10.3. The van der Waals surface area contributed by atoms with Crippen LogP contribution < -0.4 is 4.90 Å². The largest absolute Gasteiger partial charge is 0.374 e. The highest BCUT2D eigenvalue weighted by atomic mass is 16.6. The molecule has 5 heteroatoms. The SMILES string of the molecule is O=CC1OC(COCc2ccccc2)CN1c1ccc(C2CCC(=O)CC2)cc1. The Morgan fingerprint density at radius 3 is 2.45 bits per heavy atom. The molecule has 2 unspecified atom stereocenters. The monoisotopic (exact) mass is 393 g/mol. The van der Waals surface area contributed by atoms with E-state index in [9.17, 15) is 9.59 Å². The summed E-state index contributed by atoms with van der Waals surface area (Å²) in [6.45, 7) is 1.60. The summed E-state index contributed by atoms with van der Waals surface area (Å²) < 4.78 is 11.7. The number of Topliss-reactive ketones (excluding diaryl/α,β-unsaturated/α-hetero) is 1. The smallest absolute Gasteiger partial charge is 0.187 e. The van der Waals surface area contributed by atoms with Gasteiger partial charge >= 0.3 is 0 Å². The fourth-order valence-corrected chi connectivity index (χ4v) is 4.18. The van der Waals surface area contributed by atoms with E-state index >= 15 is 0 Å². The number of benzene rings is 2. The number of carbonyl (C=O) groups is 2. The Labute approximate surface area is 171 Å². The molecule has 0 aromatic heterocycles. The van der Waals surface area contributed by atoms with Gasteiger partial charge in [-0.2, -0.15) is 0 Å². The van der Waals surface area contributed by atoms with Crippen LogP contribution in [-0.2, 0) is 25.7 Å². The molecular weight excluding hydrogens is 366 g/mol. The van der Waals surface area contributed by atoms with Gasteiger partial charge in [-0.3, -0.25) is 9.59 Å². The van der Waals surface area contributed by atoms with Crippen LogP contribution in [0.3, 0.4) is 0 Å². The van der Waals surface area contributed by atoms with E-state index in [1.807, 2.05) is 35.2 Å². The molecule has 1 saturated heterocycles. The third kappa shape index (κ3) is 4.92. The Balaban J connectivity index is 1.33. The number of hydrogen-bond acceptors (Lipinski definition) is 5. The summed E-state index contributed by atoms with van der Waals surface area (Å²) >= 11 is 0. The highest BCUT2D eigenvalue weighted by Gasteiger charge is 2.33. The van der Waals surface area contributed by atoms with E-state index in [2.05, 4.69) is 24.3 Å². The third-order valence-corrected chi connectivity index (χ3v) is 5.81. The fraction of sp³-hybridized carbons (Fsp3) is 0.417. The van der Waals surface area contributed by atoms with Gasteiger partial charge in [0.1, 0.15) is 11.9 Å². The van der Waals surface area contributed by atoms with Crippen molar-refractivity contribution in [3.8, 4) is 0 Å². The molecule has 4 rings (SSSR count). The Kier molecular flexibility index (Phi) is 6.37.